The van der Waals surface area contributed by atoms with Gasteiger partial charge in [0, 0.05) is 10.5 Å². The highest BCUT2D eigenvalue weighted by Gasteiger charge is 2.14. The molecule has 1 aliphatic carbocycles. The molecule has 0 bridgehead atoms. The molecule has 0 amide bonds. The molecule has 1 heterocycles. The van der Waals surface area contributed by atoms with Crippen molar-refractivity contribution in [1.29, 1.82) is 0 Å². The first-order chi connectivity index (χ1) is 8.72. The summed E-state index contributed by atoms with van der Waals surface area (Å²) in [6.07, 6.45) is 6.42. The molecule has 18 heavy (non-hydrogen) atoms. The number of H-pyrrole nitrogens is 2. The lowest BCUT2D eigenvalue weighted by molar-refractivity contribution is 0.462. The van der Waals surface area contributed by atoms with Gasteiger partial charge in [0.2, 0.25) is 0 Å². The lowest BCUT2D eigenvalue weighted by Crippen LogP contribution is -2.22. The van der Waals surface area contributed by atoms with Crippen LogP contribution in [0.3, 0.4) is 0 Å². The summed E-state index contributed by atoms with van der Waals surface area (Å²) in [4.78, 5) is 16.8. The lowest BCUT2D eigenvalue weighted by Gasteiger charge is -2.24. The van der Waals surface area contributed by atoms with Gasteiger partial charge < -0.3 is 15.3 Å². The maximum absolute atomic E-state index is 11.3. The molecule has 1 aliphatic rings. The number of halogens is 1. The molecule has 96 valence electrons. The molecule has 0 radical (unpaired) electrons. The van der Waals surface area contributed by atoms with E-state index in [1.807, 2.05) is 12.1 Å². The minimum atomic E-state index is -0.160. The van der Waals surface area contributed by atoms with E-state index in [0.29, 0.717) is 6.04 Å². The Bertz CT molecular complexity index is 610. The number of benzene rings is 1. The molecule has 0 unspecified atom stereocenters. The van der Waals surface area contributed by atoms with Crippen molar-refractivity contribution in [3.8, 4) is 0 Å². The molecule has 0 atom stereocenters. The Balaban J connectivity index is 1.90. The second kappa shape index (κ2) is 4.80. The van der Waals surface area contributed by atoms with E-state index in [9.17, 15) is 4.79 Å². The van der Waals surface area contributed by atoms with Crippen LogP contribution in [0, 0.1) is 0 Å². The van der Waals surface area contributed by atoms with Gasteiger partial charge in [-0.1, -0.05) is 19.3 Å². The first-order valence-corrected chi connectivity index (χ1v) is 7.20. The quantitative estimate of drug-likeness (QED) is 0.796. The average Bonchev–Trinajstić information content (AvgIpc) is 2.70. The smallest absolute Gasteiger partial charge is 0.323 e. The van der Waals surface area contributed by atoms with Crippen molar-refractivity contribution in [2.24, 2.45) is 0 Å². The highest BCUT2D eigenvalue weighted by Crippen LogP contribution is 2.29. The minimum absolute atomic E-state index is 0.160. The van der Waals surface area contributed by atoms with Gasteiger partial charge in [-0.15, -0.1) is 0 Å². The number of hydrogen-bond donors (Lipinski definition) is 3. The fourth-order valence-electron chi connectivity index (χ4n) is 2.63. The van der Waals surface area contributed by atoms with Crippen LogP contribution in [0.2, 0.25) is 0 Å². The molecule has 2 aromatic rings. The largest absolute Gasteiger partial charge is 0.381 e. The van der Waals surface area contributed by atoms with E-state index < -0.39 is 0 Å². The molecule has 1 aromatic heterocycles. The SMILES string of the molecule is O=c1[nH]c2cc(Br)c(NC3CCCCC3)cc2[nH]1. The molecular weight excluding hydrogens is 294 g/mol. The normalized spacial score (nSPS) is 17.2. The molecule has 0 aliphatic heterocycles. The molecule has 0 spiro atoms. The number of rotatable bonds is 2. The van der Waals surface area contributed by atoms with Gasteiger partial charge in [-0.2, -0.15) is 0 Å². The topological polar surface area (TPSA) is 60.7 Å². The summed E-state index contributed by atoms with van der Waals surface area (Å²) in [6, 6.07) is 4.49. The van der Waals surface area contributed by atoms with Crippen molar-refractivity contribution >= 4 is 32.7 Å². The molecule has 1 aromatic carbocycles. The van der Waals surface area contributed by atoms with E-state index in [4.69, 9.17) is 0 Å². The number of hydrogen-bond acceptors (Lipinski definition) is 2. The van der Waals surface area contributed by atoms with Crippen molar-refractivity contribution in [2.45, 2.75) is 38.1 Å². The lowest BCUT2D eigenvalue weighted by atomic mass is 9.95. The Kier molecular flexibility index (Phi) is 3.16. The maximum atomic E-state index is 11.3. The van der Waals surface area contributed by atoms with E-state index in [-0.39, 0.29) is 5.69 Å². The summed E-state index contributed by atoms with van der Waals surface area (Å²) in [7, 11) is 0. The van der Waals surface area contributed by atoms with Crippen LogP contribution in [0.5, 0.6) is 0 Å². The summed E-state index contributed by atoms with van der Waals surface area (Å²) in [6.45, 7) is 0. The zero-order valence-corrected chi connectivity index (χ0v) is 11.6. The van der Waals surface area contributed by atoms with E-state index >= 15 is 0 Å². The monoisotopic (exact) mass is 309 g/mol. The van der Waals surface area contributed by atoms with Crippen LogP contribution in [-0.4, -0.2) is 16.0 Å². The van der Waals surface area contributed by atoms with E-state index in [1.165, 1.54) is 32.1 Å². The van der Waals surface area contributed by atoms with Crippen molar-refractivity contribution in [3.05, 3.63) is 27.1 Å². The van der Waals surface area contributed by atoms with Crippen molar-refractivity contribution in [1.82, 2.24) is 9.97 Å². The first kappa shape index (κ1) is 11.8. The molecular formula is C13H16BrN3O. The van der Waals surface area contributed by atoms with Crippen LogP contribution in [0.25, 0.3) is 11.0 Å². The summed E-state index contributed by atoms with van der Waals surface area (Å²) >= 11 is 3.56. The minimum Gasteiger partial charge on any atom is -0.381 e. The van der Waals surface area contributed by atoms with Crippen LogP contribution in [0.1, 0.15) is 32.1 Å². The third kappa shape index (κ3) is 2.32. The predicted octanol–water partition coefficient (Wildman–Crippen LogP) is 3.36. The Morgan fingerprint density at radius 2 is 1.78 bits per heavy atom. The van der Waals surface area contributed by atoms with E-state index in [1.54, 1.807) is 0 Å². The zero-order valence-electron chi connectivity index (χ0n) is 10.1. The average molecular weight is 310 g/mol. The highest BCUT2D eigenvalue weighted by atomic mass is 79.9. The number of aromatic nitrogens is 2. The molecule has 1 fully saturated rings. The standard InChI is InChI=1S/C13H16BrN3O/c14-9-6-11-12(17-13(18)16-11)7-10(9)15-8-4-2-1-3-5-8/h6-8,15H,1-5H2,(H2,16,17,18). The highest BCUT2D eigenvalue weighted by molar-refractivity contribution is 9.10. The molecule has 0 saturated heterocycles. The Labute approximate surface area is 113 Å². The third-order valence-corrected chi connectivity index (χ3v) is 4.22. The summed E-state index contributed by atoms with van der Waals surface area (Å²) in [5.74, 6) is 0. The Morgan fingerprint density at radius 1 is 1.11 bits per heavy atom. The molecule has 4 nitrogen and oxygen atoms in total. The number of imidazole rings is 1. The second-order valence-electron chi connectivity index (χ2n) is 4.94. The maximum Gasteiger partial charge on any atom is 0.323 e. The molecule has 1 saturated carbocycles. The second-order valence-corrected chi connectivity index (χ2v) is 5.79. The number of anilines is 1. The van der Waals surface area contributed by atoms with Crippen molar-refractivity contribution in [3.63, 3.8) is 0 Å². The van der Waals surface area contributed by atoms with E-state index in [2.05, 4.69) is 31.2 Å². The van der Waals surface area contributed by atoms with Gasteiger partial charge in [0.25, 0.3) is 0 Å². The van der Waals surface area contributed by atoms with Crippen LogP contribution >= 0.6 is 15.9 Å². The van der Waals surface area contributed by atoms with Crippen LogP contribution < -0.4 is 11.0 Å². The van der Waals surface area contributed by atoms with Gasteiger partial charge in [-0.05, 0) is 40.9 Å². The Hall–Kier alpha value is -1.23. The van der Waals surface area contributed by atoms with Crippen LogP contribution in [0.4, 0.5) is 5.69 Å². The van der Waals surface area contributed by atoms with Crippen molar-refractivity contribution in [2.75, 3.05) is 5.32 Å². The summed E-state index contributed by atoms with van der Waals surface area (Å²) in [5, 5.41) is 3.57. The summed E-state index contributed by atoms with van der Waals surface area (Å²) < 4.78 is 0.996. The number of nitrogens with one attached hydrogen (secondary N) is 3. The molecule has 5 heteroatoms. The fraction of sp³-hybridized carbons (Fsp3) is 0.462. The van der Waals surface area contributed by atoms with Crippen molar-refractivity contribution < 1.29 is 0 Å². The number of aromatic amines is 2. The third-order valence-electron chi connectivity index (χ3n) is 3.57. The van der Waals surface area contributed by atoms with Gasteiger partial charge in [0.05, 0.1) is 16.7 Å². The van der Waals surface area contributed by atoms with Gasteiger partial charge in [0.1, 0.15) is 0 Å². The predicted molar refractivity (Wildman–Crippen MR) is 77.1 cm³/mol. The Morgan fingerprint density at radius 3 is 2.50 bits per heavy atom. The molecule has 3 N–H and O–H groups in total. The van der Waals surface area contributed by atoms with Crippen LogP contribution in [-0.2, 0) is 0 Å². The van der Waals surface area contributed by atoms with Crippen LogP contribution in [0.15, 0.2) is 21.4 Å². The number of fused-ring (bicyclic) bond motifs is 1. The summed E-state index contributed by atoms with van der Waals surface area (Å²) in [5.41, 5.74) is 2.58. The van der Waals surface area contributed by atoms with E-state index in [0.717, 1.165) is 21.2 Å². The zero-order chi connectivity index (χ0) is 12.5. The molecule has 3 rings (SSSR count). The van der Waals surface area contributed by atoms with Gasteiger partial charge in [0.15, 0.2) is 0 Å². The first-order valence-electron chi connectivity index (χ1n) is 6.40. The van der Waals surface area contributed by atoms with Gasteiger partial charge in [-0.25, -0.2) is 4.79 Å². The van der Waals surface area contributed by atoms with Gasteiger partial charge in [-0.3, -0.25) is 0 Å². The van der Waals surface area contributed by atoms with Gasteiger partial charge >= 0.3 is 5.69 Å². The fourth-order valence-corrected chi connectivity index (χ4v) is 3.09.